The van der Waals surface area contributed by atoms with E-state index in [-0.39, 0.29) is 5.56 Å². The maximum Gasteiger partial charge on any atom is 0.333 e. The van der Waals surface area contributed by atoms with Gasteiger partial charge >= 0.3 is 5.69 Å². The zero-order chi connectivity index (χ0) is 21.5. The van der Waals surface area contributed by atoms with E-state index < -0.39 is 5.69 Å². The molecular formula is C25H17ClN2O3. The van der Waals surface area contributed by atoms with Crippen molar-refractivity contribution in [1.29, 1.82) is 0 Å². The van der Waals surface area contributed by atoms with Crippen LogP contribution in [0.25, 0.3) is 38.5 Å². The molecule has 0 fully saturated rings. The van der Waals surface area contributed by atoms with E-state index in [1.807, 2.05) is 48.5 Å². The van der Waals surface area contributed by atoms with Crippen molar-refractivity contribution in [3.8, 4) is 22.6 Å². The fraction of sp³-hybridized carbons (Fsp3) is 0.0400. The molecule has 31 heavy (non-hydrogen) atoms. The van der Waals surface area contributed by atoms with Crippen LogP contribution in [0.3, 0.4) is 0 Å². The second-order valence-electron chi connectivity index (χ2n) is 7.18. The molecule has 4 aromatic carbocycles. The van der Waals surface area contributed by atoms with E-state index in [1.165, 1.54) is 4.57 Å². The zero-order valence-corrected chi connectivity index (χ0v) is 17.3. The van der Waals surface area contributed by atoms with Crippen molar-refractivity contribution in [2.75, 3.05) is 7.11 Å². The molecule has 1 N–H and O–H groups in total. The van der Waals surface area contributed by atoms with Crippen molar-refractivity contribution in [1.82, 2.24) is 9.55 Å². The minimum Gasteiger partial charge on any atom is -0.497 e. The fourth-order valence-corrected chi connectivity index (χ4v) is 4.09. The van der Waals surface area contributed by atoms with Crippen molar-refractivity contribution < 1.29 is 4.74 Å². The van der Waals surface area contributed by atoms with Crippen molar-refractivity contribution >= 4 is 33.3 Å². The van der Waals surface area contributed by atoms with Crippen LogP contribution in [0.15, 0.2) is 88.5 Å². The molecule has 0 unspecified atom stereocenters. The molecule has 6 heteroatoms. The SMILES string of the molecule is COc1ccc(Cl)c(-c2ccc3c(=O)n(-c4cccc5ccccc45)c(=O)[nH]c3c2)c1. The average molecular weight is 429 g/mol. The van der Waals surface area contributed by atoms with E-state index in [4.69, 9.17) is 16.3 Å². The van der Waals surface area contributed by atoms with Gasteiger partial charge in [0.2, 0.25) is 0 Å². The number of methoxy groups -OCH3 is 1. The van der Waals surface area contributed by atoms with Gasteiger partial charge in [0.25, 0.3) is 5.56 Å². The Bertz CT molecular complexity index is 1580. The monoisotopic (exact) mass is 428 g/mol. The number of rotatable bonds is 3. The Balaban J connectivity index is 1.74. The van der Waals surface area contributed by atoms with Crippen molar-refractivity contribution in [3.63, 3.8) is 0 Å². The molecule has 0 aliphatic carbocycles. The third-order valence-electron chi connectivity index (χ3n) is 5.39. The molecule has 1 heterocycles. The predicted molar refractivity (Wildman–Crippen MR) is 125 cm³/mol. The molecule has 0 aliphatic rings. The van der Waals surface area contributed by atoms with Crippen molar-refractivity contribution in [2.45, 2.75) is 0 Å². The molecule has 5 rings (SSSR count). The number of aromatic amines is 1. The number of aromatic nitrogens is 2. The van der Waals surface area contributed by atoms with Gasteiger partial charge in [0.15, 0.2) is 0 Å². The summed E-state index contributed by atoms with van der Waals surface area (Å²) >= 11 is 6.37. The van der Waals surface area contributed by atoms with E-state index in [1.54, 1.807) is 37.4 Å². The zero-order valence-electron chi connectivity index (χ0n) is 16.6. The molecular weight excluding hydrogens is 412 g/mol. The van der Waals surface area contributed by atoms with Gasteiger partial charge in [-0.1, -0.05) is 54.1 Å². The first kappa shape index (κ1) is 19.2. The van der Waals surface area contributed by atoms with E-state index in [0.717, 1.165) is 21.9 Å². The van der Waals surface area contributed by atoms with Crippen LogP contribution >= 0.6 is 11.6 Å². The molecule has 1 aromatic heterocycles. The van der Waals surface area contributed by atoms with Crippen LogP contribution in [-0.4, -0.2) is 16.7 Å². The van der Waals surface area contributed by atoms with Crippen LogP contribution in [0.2, 0.25) is 5.02 Å². The predicted octanol–water partition coefficient (Wildman–Crippen LogP) is 5.16. The van der Waals surface area contributed by atoms with Gasteiger partial charge in [0.05, 0.1) is 23.7 Å². The maximum absolute atomic E-state index is 13.3. The third kappa shape index (κ3) is 3.20. The summed E-state index contributed by atoms with van der Waals surface area (Å²) in [6.07, 6.45) is 0. The van der Waals surface area contributed by atoms with Gasteiger partial charge in [-0.3, -0.25) is 4.79 Å². The second-order valence-corrected chi connectivity index (χ2v) is 7.58. The number of benzene rings is 4. The Kier molecular flexibility index (Phi) is 4.60. The maximum atomic E-state index is 13.3. The highest BCUT2D eigenvalue weighted by molar-refractivity contribution is 6.33. The smallest absolute Gasteiger partial charge is 0.333 e. The van der Waals surface area contributed by atoms with E-state index in [2.05, 4.69) is 4.98 Å². The van der Waals surface area contributed by atoms with Gasteiger partial charge in [-0.2, -0.15) is 0 Å². The Morgan fingerprint density at radius 3 is 2.52 bits per heavy atom. The van der Waals surface area contributed by atoms with Gasteiger partial charge in [0, 0.05) is 16.0 Å². The number of H-pyrrole nitrogens is 1. The van der Waals surface area contributed by atoms with Crippen LogP contribution < -0.4 is 16.0 Å². The quantitative estimate of drug-likeness (QED) is 0.431. The molecule has 0 spiro atoms. The number of hydrogen-bond acceptors (Lipinski definition) is 3. The third-order valence-corrected chi connectivity index (χ3v) is 5.72. The van der Waals surface area contributed by atoms with Crippen molar-refractivity contribution in [3.05, 3.63) is 105 Å². The summed E-state index contributed by atoms with van der Waals surface area (Å²) in [5, 5.41) is 2.74. The van der Waals surface area contributed by atoms with Crippen LogP contribution in [0, 0.1) is 0 Å². The number of hydrogen-bond donors (Lipinski definition) is 1. The summed E-state index contributed by atoms with van der Waals surface area (Å²) in [6, 6.07) is 23.8. The van der Waals surface area contributed by atoms with Gasteiger partial charge in [0.1, 0.15) is 5.75 Å². The molecule has 0 radical (unpaired) electrons. The highest BCUT2D eigenvalue weighted by Gasteiger charge is 2.14. The van der Waals surface area contributed by atoms with Crippen molar-refractivity contribution in [2.24, 2.45) is 0 Å². The first-order valence-electron chi connectivity index (χ1n) is 9.68. The topological polar surface area (TPSA) is 64.1 Å². The second kappa shape index (κ2) is 7.45. The van der Waals surface area contributed by atoms with Gasteiger partial charge < -0.3 is 9.72 Å². The first-order chi connectivity index (χ1) is 15.1. The summed E-state index contributed by atoms with van der Waals surface area (Å²) in [5.41, 5.74) is 1.64. The molecule has 0 aliphatic heterocycles. The molecule has 5 aromatic rings. The van der Waals surface area contributed by atoms with E-state index in [9.17, 15) is 9.59 Å². The normalized spacial score (nSPS) is 11.2. The first-order valence-corrected chi connectivity index (χ1v) is 10.1. The summed E-state index contributed by atoms with van der Waals surface area (Å²) < 4.78 is 6.47. The Labute approximate surface area is 182 Å². The summed E-state index contributed by atoms with van der Waals surface area (Å²) in [6.45, 7) is 0. The fourth-order valence-electron chi connectivity index (χ4n) is 3.86. The Hall–Kier alpha value is -3.83. The lowest BCUT2D eigenvalue weighted by Gasteiger charge is -2.11. The minimum atomic E-state index is -0.497. The highest BCUT2D eigenvalue weighted by atomic mass is 35.5. The number of ether oxygens (including phenoxy) is 1. The van der Waals surface area contributed by atoms with Gasteiger partial charge in [-0.25, -0.2) is 9.36 Å². The lowest BCUT2D eigenvalue weighted by molar-refractivity contribution is 0.415. The van der Waals surface area contributed by atoms with Gasteiger partial charge in [-0.05, 0) is 47.3 Å². The summed E-state index contributed by atoms with van der Waals surface area (Å²) in [4.78, 5) is 29.1. The van der Waals surface area contributed by atoms with Crippen LogP contribution in [0.5, 0.6) is 5.75 Å². The molecule has 5 nitrogen and oxygen atoms in total. The molecule has 0 saturated heterocycles. The van der Waals surface area contributed by atoms with Crippen LogP contribution in [0.4, 0.5) is 0 Å². The lowest BCUT2D eigenvalue weighted by Crippen LogP contribution is -2.33. The highest BCUT2D eigenvalue weighted by Crippen LogP contribution is 2.32. The minimum absolute atomic E-state index is 0.376. The largest absolute Gasteiger partial charge is 0.497 e. The number of nitrogens with one attached hydrogen (secondary N) is 1. The number of fused-ring (bicyclic) bond motifs is 2. The number of nitrogens with zero attached hydrogens (tertiary/aromatic N) is 1. The lowest BCUT2D eigenvalue weighted by atomic mass is 10.0. The molecule has 0 saturated carbocycles. The van der Waals surface area contributed by atoms with Crippen LogP contribution in [-0.2, 0) is 0 Å². The molecule has 0 atom stereocenters. The Morgan fingerprint density at radius 1 is 0.871 bits per heavy atom. The molecule has 0 bridgehead atoms. The summed E-state index contributed by atoms with van der Waals surface area (Å²) in [7, 11) is 1.58. The average Bonchev–Trinajstić information content (AvgIpc) is 2.79. The van der Waals surface area contributed by atoms with Gasteiger partial charge in [-0.15, -0.1) is 0 Å². The van der Waals surface area contributed by atoms with E-state index >= 15 is 0 Å². The molecule has 0 amide bonds. The van der Waals surface area contributed by atoms with Crippen LogP contribution in [0.1, 0.15) is 0 Å². The Morgan fingerprint density at radius 2 is 1.68 bits per heavy atom. The number of halogens is 1. The standard InChI is InChI=1S/C25H17ClN2O3/c1-31-17-10-12-21(26)20(14-17)16-9-11-19-22(13-16)27-25(30)28(24(19)29)23-8-4-6-15-5-2-3-7-18(15)23/h2-14H,1H3,(H,27,30). The molecule has 152 valence electrons. The summed E-state index contributed by atoms with van der Waals surface area (Å²) in [5.74, 6) is 0.666. The van der Waals surface area contributed by atoms with E-state index in [0.29, 0.717) is 27.4 Å².